The van der Waals surface area contributed by atoms with Crippen molar-refractivity contribution in [3.05, 3.63) is 0 Å². The first kappa shape index (κ1) is 13.8. The summed E-state index contributed by atoms with van der Waals surface area (Å²) in [6, 6.07) is 0. The SMILES string of the molecule is CNC(=O)C(CCC=O)C(C)C(C)C=O. The molecule has 3 atom stereocenters. The van der Waals surface area contributed by atoms with Crippen molar-refractivity contribution < 1.29 is 14.4 Å². The van der Waals surface area contributed by atoms with Crippen LogP contribution < -0.4 is 5.32 Å². The van der Waals surface area contributed by atoms with Gasteiger partial charge in [-0.2, -0.15) is 0 Å². The molecule has 1 amide bonds. The van der Waals surface area contributed by atoms with E-state index in [1.165, 1.54) is 0 Å². The molecule has 0 heterocycles. The van der Waals surface area contributed by atoms with Crippen molar-refractivity contribution in [3.63, 3.8) is 0 Å². The van der Waals surface area contributed by atoms with E-state index in [1.807, 2.05) is 6.92 Å². The highest BCUT2D eigenvalue weighted by atomic mass is 16.2. The maximum absolute atomic E-state index is 11.5. The lowest BCUT2D eigenvalue weighted by Crippen LogP contribution is -2.34. The van der Waals surface area contributed by atoms with Crippen LogP contribution in [0.2, 0.25) is 0 Å². The Labute approximate surface area is 90.4 Å². The zero-order valence-electron chi connectivity index (χ0n) is 9.53. The Balaban J connectivity index is 4.52. The number of carbonyl (C=O) groups is 3. The summed E-state index contributed by atoms with van der Waals surface area (Å²) in [5.74, 6) is -0.570. The Kier molecular flexibility index (Phi) is 6.58. The molecule has 0 aliphatic heterocycles. The molecule has 0 spiro atoms. The van der Waals surface area contributed by atoms with Crippen LogP contribution in [-0.2, 0) is 14.4 Å². The fourth-order valence-corrected chi connectivity index (χ4v) is 1.56. The van der Waals surface area contributed by atoms with E-state index < -0.39 is 0 Å². The van der Waals surface area contributed by atoms with Crippen LogP contribution in [0.5, 0.6) is 0 Å². The first-order chi connectivity index (χ1) is 7.08. The van der Waals surface area contributed by atoms with Gasteiger partial charge in [0.15, 0.2) is 0 Å². The Bertz CT molecular complexity index is 228. The molecule has 4 nitrogen and oxygen atoms in total. The molecule has 0 aliphatic carbocycles. The third-order valence-corrected chi connectivity index (χ3v) is 2.86. The van der Waals surface area contributed by atoms with Crippen molar-refractivity contribution in [1.82, 2.24) is 5.32 Å². The maximum atomic E-state index is 11.5. The molecule has 0 aromatic rings. The standard InChI is InChI=1S/C11H19NO3/c1-8(7-14)9(2)10(5-4-6-13)11(15)12-3/h6-10H,4-5H2,1-3H3,(H,12,15). The van der Waals surface area contributed by atoms with E-state index in [1.54, 1.807) is 14.0 Å². The van der Waals surface area contributed by atoms with Crippen LogP contribution in [0.3, 0.4) is 0 Å². The Morgan fingerprint density at radius 1 is 1.33 bits per heavy atom. The number of nitrogens with one attached hydrogen (secondary N) is 1. The molecule has 0 aliphatic rings. The number of hydrogen-bond acceptors (Lipinski definition) is 3. The molecule has 0 saturated heterocycles. The number of aldehydes is 2. The van der Waals surface area contributed by atoms with Gasteiger partial charge in [0, 0.05) is 25.3 Å². The smallest absolute Gasteiger partial charge is 0.223 e. The Hall–Kier alpha value is -1.19. The molecule has 1 N–H and O–H groups in total. The normalized spacial score (nSPS) is 16.2. The maximum Gasteiger partial charge on any atom is 0.223 e. The zero-order chi connectivity index (χ0) is 11.8. The zero-order valence-corrected chi connectivity index (χ0v) is 9.53. The summed E-state index contributed by atoms with van der Waals surface area (Å²) < 4.78 is 0. The monoisotopic (exact) mass is 213 g/mol. The van der Waals surface area contributed by atoms with Crippen molar-refractivity contribution in [2.75, 3.05) is 7.05 Å². The number of rotatable bonds is 7. The van der Waals surface area contributed by atoms with Crippen molar-refractivity contribution in [1.29, 1.82) is 0 Å². The minimum atomic E-state index is -0.264. The summed E-state index contributed by atoms with van der Waals surface area (Å²) in [6.07, 6.45) is 2.51. The first-order valence-corrected chi connectivity index (χ1v) is 5.19. The van der Waals surface area contributed by atoms with E-state index in [-0.39, 0.29) is 23.7 Å². The van der Waals surface area contributed by atoms with Crippen molar-refractivity contribution in [2.24, 2.45) is 17.8 Å². The predicted octanol–water partition coefficient (Wildman–Crippen LogP) is 0.799. The number of carbonyl (C=O) groups excluding carboxylic acids is 3. The van der Waals surface area contributed by atoms with Gasteiger partial charge in [-0.15, -0.1) is 0 Å². The lowest BCUT2D eigenvalue weighted by atomic mass is 9.81. The molecule has 0 rings (SSSR count). The summed E-state index contributed by atoms with van der Waals surface area (Å²) in [5, 5.41) is 2.56. The highest BCUT2D eigenvalue weighted by molar-refractivity contribution is 5.79. The van der Waals surface area contributed by atoms with Gasteiger partial charge in [-0.3, -0.25) is 4.79 Å². The van der Waals surface area contributed by atoms with Crippen molar-refractivity contribution in [2.45, 2.75) is 26.7 Å². The highest BCUT2D eigenvalue weighted by Gasteiger charge is 2.27. The third-order valence-electron chi connectivity index (χ3n) is 2.86. The van der Waals surface area contributed by atoms with E-state index in [9.17, 15) is 14.4 Å². The third kappa shape index (κ3) is 4.23. The number of amides is 1. The van der Waals surface area contributed by atoms with E-state index in [0.717, 1.165) is 12.6 Å². The van der Waals surface area contributed by atoms with Gasteiger partial charge in [-0.1, -0.05) is 13.8 Å². The molecule has 3 unspecified atom stereocenters. The molecule has 0 radical (unpaired) electrons. The average Bonchev–Trinajstić information content (AvgIpc) is 2.27. The Morgan fingerprint density at radius 2 is 1.93 bits per heavy atom. The minimum Gasteiger partial charge on any atom is -0.359 e. The van der Waals surface area contributed by atoms with E-state index >= 15 is 0 Å². The summed E-state index contributed by atoms with van der Waals surface area (Å²) in [5.41, 5.74) is 0. The molecular weight excluding hydrogens is 194 g/mol. The second-order valence-corrected chi connectivity index (χ2v) is 3.82. The average molecular weight is 213 g/mol. The minimum absolute atomic E-state index is 0.0394. The molecule has 86 valence electrons. The summed E-state index contributed by atoms with van der Waals surface area (Å²) in [7, 11) is 1.56. The van der Waals surface area contributed by atoms with Crippen LogP contribution in [-0.4, -0.2) is 25.5 Å². The van der Waals surface area contributed by atoms with Crippen LogP contribution in [0.4, 0.5) is 0 Å². The summed E-state index contributed by atoms with van der Waals surface area (Å²) >= 11 is 0. The van der Waals surface area contributed by atoms with Gasteiger partial charge in [0.2, 0.25) is 5.91 Å². The topological polar surface area (TPSA) is 63.2 Å². The van der Waals surface area contributed by atoms with Crippen molar-refractivity contribution in [3.8, 4) is 0 Å². The number of hydrogen-bond donors (Lipinski definition) is 1. The fourth-order valence-electron chi connectivity index (χ4n) is 1.56. The van der Waals surface area contributed by atoms with Crippen LogP contribution >= 0.6 is 0 Å². The van der Waals surface area contributed by atoms with Crippen LogP contribution in [0.1, 0.15) is 26.7 Å². The molecule has 0 bridgehead atoms. The summed E-state index contributed by atoms with van der Waals surface area (Å²) in [4.78, 5) is 32.5. The van der Waals surface area contributed by atoms with E-state index in [4.69, 9.17) is 0 Å². The quantitative estimate of drug-likeness (QED) is 0.636. The lowest BCUT2D eigenvalue weighted by molar-refractivity contribution is -0.127. The van der Waals surface area contributed by atoms with Gasteiger partial charge < -0.3 is 14.9 Å². The van der Waals surface area contributed by atoms with Gasteiger partial charge in [0.25, 0.3) is 0 Å². The van der Waals surface area contributed by atoms with Gasteiger partial charge in [-0.25, -0.2) is 0 Å². The van der Waals surface area contributed by atoms with Gasteiger partial charge in [0.05, 0.1) is 0 Å². The van der Waals surface area contributed by atoms with Crippen LogP contribution in [0.25, 0.3) is 0 Å². The summed E-state index contributed by atoms with van der Waals surface area (Å²) in [6.45, 7) is 3.65. The fraction of sp³-hybridized carbons (Fsp3) is 0.727. The second-order valence-electron chi connectivity index (χ2n) is 3.82. The van der Waals surface area contributed by atoms with E-state index in [2.05, 4.69) is 5.32 Å². The van der Waals surface area contributed by atoms with Crippen LogP contribution in [0, 0.1) is 17.8 Å². The van der Waals surface area contributed by atoms with Gasteiger partial charge in [0.1, 0.15) is 12.6 Å². The molecule has 0 fully saturated rings. The highest BCUT2D eigenvalue weighted by Crippen LogP contribution is 2.23. The Morgan fingerprint density at radius 3 is 2.33 bits per heavy atom. The molecule has 0 saturated carbocycles. The largest absolute Gasteiger partial charge is 0.359 e. The molecule has 0 aromatic carbocycles. The second kappa shape index (κ2) is 7.15. The van der Waals surface area contributed by atoms with Crippen molar-refractivity contribution >= 4 is 18.5 Å². The molecule has 15 heavy (non-hydrogen) atoms. The molecule has 4 heteroatoms. The lowest BCUT2D eigenvalue weighted by Gasteiger charge is -2.24. The molecular formula is C11H19NO3. The predicted molar refractivity (Wildman–Crippen MR) is 57.2 cm³/mol. The van der Waals surface area contributed by atoms with E-state index in [0.29, 0.717) is 12.8 Å². The molecule has 0 aromatic heterocycles. The first-order valence-electron chi connectivity index (χ1n) is 5.19. The van der Waals surface area contributed by atoms with Crippen LogP contribution in [0.15, 0.2) is 0 Å². The van der Waals surface area contributed by atoms with Gasteiger partial charge in [-0.05, 0) is 12.3 Å². The van der Waals surface area contributed by atoms with Gasteiger partial charge >= 0.3 is 0 Å².